The van der Waals surface area contributed by atoms with Crippen molar-refractivity contribution < 1.29 is 0 Å². The molecule has 4 heteroatoms. The molecule has 1 aromatic heterocycles. The molecule has 0 saturated heterocycles. The largest absolute Gasteiger partial charge is 0.397 e. The number of rotatable bonds is 5. The van der Waals surface area contributed by atoms with Crippen LogP contribution in [0, 0.1) is 6.92 Å². The van der Waals surface area contributed by atoms with Gasteiger partial charge in [-0.05, 0) is 31.9 Å². The van der Waals surface area contributed by atoms with Crippen LogP contribution in [0.3, 0.4) is 0 Å². The molecule has 0 aliphatic carbocycles. The van der Waals surface area contributed by atoms with E-state index in [9.17, 15) is 0 Å². The molecule has 1 heterocycles. The number of nitrogens with zero attached hydrogens (tertiary/aromatic N) is 1. The van der Waals surface area contributed by atoms with Crippen LogP contribution < -0.4 is 11.1 Å². The lowest BCUT2D eigenvalue weighted by molar-refractivity contribution is 0.623. The van der Waals surface area contributed by atoms with Gasteiger partial charge in [0.05, 0.1) is 26.6 Å². The second-order valence-electron chi connectivity index (χ2n) is 4.68. The summed E-state index contributed by atoms with van der Waals surface area (Å²) in [4.78, 5) is 4.52. The van der Waals surface area contributed by atoms with Crippen molar-refractivity contribution in [2.24, 2.45) is 0 Å². The number of hydrogen-bond acceptors (Lipinski definition) is 4. The molecular weight excluding hydrogens is 242 g/mol. The number of aromatic nitrogens is 1. The molecule has 18 heavy (non-hydrogen) atoms. The van der Waals surface area contributed by atoms with Crippen molar-refractivity contribution in [3.8, 4) is 0 Å². The third-order valence-electron chi connectivity index (χ3n) is 3.16. The Morgan fingerprint density at radius 1 is 1.39 bits per heavy atom. The maximum atomic E-state index is 6.11. The standard InChI is InChI=1S/C14H21N3S/c1-4-6-10(5-2)17-12-8-13-14(7-11(12)15)18-9(3)16-13/h7-8,10,17H,4-6,15H2,1-3H3. The molecule has 0 radical (unpaired) electrons. The Balaban J connectivity index is 2.29. The first kappa shape index (κ1) is 13.1. The molecule has 3 nitrogen and oxygen atoms in total. The summed E-state index contributed by atoms with van der Waals surface area (Å²) in [5, 5.41) is 4.62. The van der Waals surface area contributed by atoms with E-state index in [4.69, 9.17) is 5.73 Å². The maximum Gasteiger partial charge on any atom is 0.0907 e. The highest BCUT2D eigenvalue weighted by Crippen LogP contribution is 2.30. The molecule has 0 saturated carbocycles. The SMILES string of the molecule is CCCC(CC)Nc1cc2nc(C)sc2cc1N. The van der Waals surface area contributed by atoms with Crippen molar-refractivity contribution in [2.75, 3.05) is 11.1 Å². The maximum absolute atomic E-state index is 6.11. The number of fused-ring (bicyclic) bond motifs is 1. The summed E-state index contributed by atoms with van der Waals surface area (Å²) in [6.07, 6.45) is 3.47. The van der Waals surface area contributed by atoms with E-state index in [1.807, 2.05) is 13.0 Å². The summed E-state index contributed by atoms with van der Waals surface area (Å²) in [7, 11) is 0. The van der Waals surface area contributed by atoms with Crippen LogP contribution in [0.5, 0.6) is 0 Å². The summed E-state index contributed by atoms with van der Waals surface area (Å²) < 4.78 is 1.17. The third kappa shape index (κ3) is 2.75. The molecule has 3 N–H and O–H groups in total. The van der Waals surface area contributed by atoms with Crippen molar-refractivity contribution in [3.63, 3.8) is 0 Å². The number of aryl methyl sites for hydroxylation is 1. The van der Waals surface area contributed by atoms with Crippen LogP contribution in [-0.2, 0) is 0 Å². The topological polar surface area (TPSA) is 50.9 Å². The lowest BCUT2D eigenvalue weighted by atomic mass is 10.1. The molecule has 0 aliphatic rings. The number of nitrogens with one attached hydrogen (secondary N) is 1. The Hall–Kier alpha value is -1.29. The minimum absolute atomic E-state index is 0.495. The normalized spacial score (nSPS) is 12.8. The number of nitrogen functional groups attached to an aromatic ring is 1. The van der Waals surface area contributed by atoms with Gasteiger partial charge in [0, 0.05) is 6.04 Å². The van der Waals surface area contributed by atoms with Gasteiger partial charge in [-0.15, -0.1) is 11.3 Å². The van der Waals surface area contributed by atoms with E-state index in [-0.39, 0.29) is 0 Å². The molecule has 1 unspecified atom stereocenters. The summed E-state index contributed by atoms with van der Waals surface area (Å²) in [6, 6.07) is 4.60. The van der Waals surface area contributed by atoms with Gasteiger partial charge in [0.25, 0.3) is 0 Å². The molecule has 0 aliphatic heterocycles. The molecule has 98 valence electrons. The van der Waals surface area contributed by atoms with Crippen molar-refractivity contribution in [2.45, 2.75) is 46.1 Å². The van der Waals surface area contributed by atoms with E-state index in [0.717, 1.165) is 28.3 Å². The molecule has 1 atom stereocenters. The van der Waals surface area contributed by atoms with Crippen molar-refractivity contribution in [3.05, 3.63) is 17.1 Å². The van der Waals surface area contributed by atoms with Gasteiger partial charge in [0.2, 0.25) is 0 Å². The van der Waals surface area contributed by atoms with Gasteiger partial charge in [-0.1, -0.05) is 20.3 Å². The minimum atomic E-state index is 0.495. The molecule has 0 amide bonds. The van der Waals surface area contributed by atoms with E-state index >= 15 is 0 Å². The van der Waals surface area contributed by atoms with Crippen molar-refractivity contribution in [1.29, 1.82) is 0 Å². The van der Waals surface area contributed by atoms with E-state index in [0.29, 0.717) is 6.04 Å². The van der Waals surface area contributed by atoms with E-state index in [1.54, 1.807) is 11.3 Å². The predicted molar refractivity (Wildman–Crippen MR) is 81.4 cm³/mol. The van der Waals surface area contributed by atoms with Crippen LogP contribution in [0.1, 0.15) is 38.1 Å². The van der Waals surface area contributed by atoms with Gasteiger partial charge in [-0.3, -0.25) is 0 Å². The van der Waals surface area contributed by atoms with Crippen molar-refractivity contribution >= 4 is 32.9 Å². The molecular formula is C14H21N3S. The van der Waals surface area contributed by atoms with Crippen molar-refractivity contribution in [1.82, 2.24) is 4.98 Å². The number of benzene rings is 1. The highest BCUT2D eigenvalue weighted by atomic mass is 32.1. The molecule has 2 aromatic rings. The fourth-order valence-electron chi connectivity index (χ4n) is 2.18. The van der Waals surface area contributed by atoms with Crippen LogP contribution in [0.2, 0.25) is 0 Å². The molecule has 0 bridgehead atoms. The zero-order valence-electron chi connectivity index (χ0n) is 11.3. The van der Waals surface area contributed by atoms with E-state index in [1.165, 1.54) is 17.5 Å². The smallest absolute Gasteiger partial charge is 0.0907 e. The third-order valence-corrected chi connectivity index (χ3v) is 4.09. The number of anilines is 2. The summed E-state index contributed by atoms with van der Waals surface area (Å²) in [5.41, 5.74) is 9.00. The lowest BCUT2D eigenvalue weighted by Gasteiger charge is -2.18. The fraction of sp³-hybridized carbons (Fsp3) is 0.500. The van der Waals surface area contributed by atoms with Gasteiger partial charge < -0.3 is 11.1 Å². The number of thiazole rings is 1. The van der Waals surface area contributed by atoms with Gasteiger partial charge in [-0.2, -0.15) is 0 Å². The first-order valence-corrected chi connectivity index (χ1v) is 7.38. The molecule has 0 spiro atoms. The predicted octanol–water partition coefficient (Wildman–Crippen LogP) is 4.18. The second kappa shape index (κ2) is 5.57. The minimum Gasteiger partial charge on any atom is -0.397 e. The van der Waals surface area contributed by atoms with E-state index < -0.39 is 0 Å². The highest BCUT2D eigenvalue weighted by Gasteiger charge is 2.10. The summed E-state index contributed by atoms with van der Waals surface area (Å²) >= 11 is 1.69. The first-order chi connectivity index (χ1) is 8.63. The fourth-order valence-corrected chi connectivity index (χ4v) is 3.03. The van der Waals surface area contributed by atoms with Gasteiger partial charge in [0.15, 0.2) is 0 Å². The van der Waals surface area contributed by atoms with Gasteiger partial charge >= 0.3 is 0 Å². The quantitative estimate of drug-likeness (QED) is 0.796. The lowest BCUT2D eigenvalue weighted by Crippen LogP contribution is -2.18. The Labute approximate surface area is 112 Å². The van der Waals surface area contributed by atoms with E-state index in [2.05, 4.69) is 30.2 Å². The zero-order chi connectivity index (χ0) is 13.1. The highest BCUT2D eigenvalue weighted by molar-refractivity contribution is 7.18. The summed E-state index contributed by atoms with van der Waals surface area (Å²) in [6.45, 7) is 6.44. The van der Waals surface area contributed by atoms with Gasteiger partial charge in [0.1, 0.15) is 0 Å². The second-order valence-corrected chi connectivity index (χ2v) is 5.91. The monoisotopic (exact) mass is 263 g/mol. The summed E-state index contributed by atoms with van der Waals surface area (Å²) in [5.74, 6) is 0. The van der Waals surface area contributed by atoms with Gasteiger partial charge in [-0.25, -0.2) is 4.98 Å². The molecule has 1 aromatic carbocycles. The van der Waals surface area contributed by atoms with Crippen LogP contribution in [0.15, 0.2) is 12.1 Å². The Morgan fingerprint density at radius 3 is 2.83 bits per heavy atom. The average molecular weight is 263 g/mol. The van der Waals surface area contributed by atoms with Crippen LogP contribution in [0.25, 0.3) is 10.2 Å². The first-order valence-electron chi connectivity index (χ1n) is 6.57. The zero-order valence-corrected chi connectivity index (χ0v) is 12.1. The Bertz CT molecular complexity index is 533. The Kier molecular flexibility index (Phi) is 4.07. The average Bonchev–Trinajstić information content (AvgIpc) is 2.68. The van der Waals surface area contributed by atoms with Crippen LogP contribution >= 0.6 is 11.3 Å². The molecule has 0 fully saturated rings. The van der Waals surface area contributed by atoms with Crippen LogP contribution in [0.4, 0.5) is 11.4 Å². The Morgan fingerprint density at radius 2 is 2.17 bits per heavy atom. The van der Waals surface area contributed by atoms with Crippen LogP contribution in [-0.4, -0.2) is 11.0 Å². The number of nitrogens with two attached hydrogens (primary N) is 1. The molecule has 2 rings (SSSR count). The number of hydrogen-bond donors (Lipinski definition) is 2.